The van der Waals surface area contributed by atoms with Gasteiger partial charge in [0.1, 0.15) is 12.2 Å². The molecule has 2 aliphatic rings. The first-order valence-corrected chi connectivity index (χ1v) is 15.6. The number of piperazine rings is 1. The van der Waals surface area contributed by atoms with Crippen LogP contribution in [-0.2, 0) is 21.9 Å². The molecule has 0 aromatic heterocycles. The maximum Gasteiger partial charge on any atom is 0.334 e. The number of benzene rings is 2. The molecule has 2 aliphatic heterocycles. The van der Waals surface area contributed by atoms with Gasteiger partial charge in [-0.3, -0.25) is 9.59 Å². The molecule has 0 saturated carbocycles. The molecule has 39 heavy (non-hydrogen) atoms. The number of rotatable bonds is 11. The van der Waals surface area contributed by atoms with E-state index < -0.39 is 12.2 Å². The van der Waals surface area contributed by atoms with E-state index in [0.717, 1.165) is 22.8 Å². The Labute approximate surface area is 239 Å². The molecule has 0 bridgehead atoms. The van der Waals surface area contributed by atoms with Crippen LogP contribution in [0.5, 0.6) is 0 Å². The third-order valence-corrected chi connectivity index (χ3v) is 8.46. The molecular weight excluding hydrogens is 530 g/mol. The highest BCUT2D eigenvalue weighted by atomic mass is 32.2. The number of thioether (sulfide) groups is 2. The number of carbonyl (C=O) groups is 3. The Morgan fingerprint density at radius 1 is 1.05 bits per heavy atom. The van der Waals surface area contributed by atoms with Crippen LogP contribution >= 0.6 is 23.5 Å². The number of urea groups is 1. The fraction of sp³-hybridized carbons (Fsp3) is 0.414. The fourth-order valence-electron chi connectivity index (χ4n) is 4.94. The SMILES string of the molecule is C#CCN1CC(=O)N2[C@@H](CCSC)C(=O)N(CCSCc3ccccc3)C[C@@H]2N1C(=O)NCc1ccccc1. The van der Waals surface area contributed by atoms with Gasteiger partial charge in [-0.2, -0.15) is 28.5 Å². The van der Waals surface area contributed by atoms with Gasteiger partial charge in [0.2, 0.25) is 11.8 Å². The lowest BCUT2D eigenvalue weighted by Crippen LogP contribution is -2.76. The second-order valence-corrected chi connectivity index (χ2v) is 11.5. The Balaban J connectivity index is 1.52. The summed E-state index contributed by atoms with van der Waals surface area (Å²) in [7, 11) is 0. The summed E-state index contributed by atoms with van der Waals surface area (Å²) in [6.45, 7) is 1.20. The Morgan fingerprint density at radius 3 is 2.41 bits per heavy atom. The van der Waals surface area contributed by atoms with Crippen molar-refractivity contribution >= 4 is 41.4 Å². The number of amides is 4. The molecule has 2 aromatic carbocycles. The van der Waals surface area contributed by atoms with Crippen LogP contribution in [0.2, 0.25) is 0 Å². The third-order valence-electron chi connectivity index (χ3n) is 6.81. The lowest BCUT2D eigenvalue weighted by molar-refractivity contribution is -0.188. The molecule has 2 fully saturated rings. The number of hydrogen-bond acceptors (Lipinski definition) is 6. The molecule has 1 N–H and O–H groups in total. The van der Waals surface area contributed by atoms with E-state index in [1.54, 1.807) is 38.4 Å². The van der Waals surface area contributed by atoms with Gasteiger partial charge < -0.3 is 15.1 Å². The zero-order valence-corrected chi connectivity index (χ0v) is 23.8. The smallest absolute Gasteiger partial charge is 0.334 e. The normalized spacial score (nSPS) is 19.5. The van der Waals surface area contributed by atoms with Gasteiger partial charge in [-0.05, 0) is 29.6 Å². The third kappa shape index (κ3) is 7.29. The number of carbonyl (C=O) groups excluding carboxylic acids is 3. The summed E-state index contributed by atoms with van der Waals surface area (Å²) < 4.78 is 0. The number of nitrogens with one attached hydrogen (secondary N) is 1. The summed E-state index contributed by atoms with van der Waals surface area (Å²) in [5.41, 5.74) is 2.20. The lowest BCUT2D eigenvalue weighted by Gasteiger charge is -2.55. The van der Waals surface area contributed by atoms with Crippen molar-refractivity contribution in [2.75, 3.05) is 43.9 Å². The van der Waals surface area contributed by atoms with Crippen molar-refractivity contribution in [3.05, 3.63) is 71.8 Å². The van der Waals surface area contributed by atoms with Crippen LogP contribution in [0.3, 0.4) is 0 Å². The quantitative estimate of drug-likeness (QED) is 0.333. The van der Waals surface area contributed by atoms with Crippen molar-refractivity contribution in [1.29, 1.82) is 0 Å². The molecule has 8 nitrogen and oxygen atoms in total. The maximum atomic E-state index is 13.6. The van der Waals surface area contributed by atoms with Gasteiger partial charge in [-0.1, -0.05) is 66.6 Å². The molecule has 4 amide bonds. The van der Waals surface area contributed by atoms with Gasteiger partial charge >= 0.3 is 6.03 Å². The molecule has 0 radical (unpaired) electrons. The first-order chi connectivity index (χ1) is 19.0. The minimum Gasteiger partial charge on any atom is -0.336 e. The van der Waals surface area contributed by atoms with E-state index >= 15 is 0 Å². The highest BCUT2D eigenvalue weighted by molar-refractivity contribution is 7.98. The van der Waals surface area contributed by atoms with E-state index in [1.165, 1.54) is 5.56 Å². The highest BCUT2D eigenvalue weighted by Gasteiger charge is 2.50. The van der Waals surface area contributed by atoms with Crippen LogP contribution in [0.25, 0.3) is 0 Å². The van der Waals surface area contributed by atoms with Gasteiger partial charge in [-0.25, -0.2) is 9.80 Å². The topological polar surface area (TPSA) is 76.2 Å². The molecular formula is C29H35N5O3S2. The van der Waals surface area contributed by atoms with Crippen LogP contribution in [-0.4, -0.2) is 93.8 Å². The average molecular weight is 566 g/mol. The average Bonchev–Trinajstić information content (AvgIpc) is 2.95. The van der Waals surface area contributed by atoms with E-state index in [0.29, 0.717) is 19.5 Å². The molecule has 206 valence electrons. The molecule has 0 spiro atoms. The van der Waals surface area contributed by atoms with Crippen molar-refractivity contribution in [2.45, 2.75) is 30.9 Å². The van der Waals surface area contributed by atoms with Crippen LogP contribution in [0.15, 0.2) is 60.7 Å². The number of hydrogen-bond donors (Lipinski definition) is 1. The summed E-state index contributed by atoms with van der Waals surface area (Å²) in [5.74, 6) is 4.70. The van der Waals surface area contributed by atoms with E-state index in [9.17, 15) is 14.4 Å². The largest absolute Gasteiger partial charge is 0.336 e. The van der Waals surface area contributed by atoms with Crippen molar-refractivity contribution < 1.29 is 14.4 Å². The summed E-state index contributed by atoms with van der Waals surface area (Å²) in [6, 6.07) is 18.9. The van der Waals surface area contributed by atoms with E-state index in [1.807, 2.05) is 59.7 Å². The molecule has 10 heteroatoms. The predicted molar refractivity (Wildman–Crippen MR) is 158 cm³/mol. The fourth-order valence-corrected chi connectivity index (χ4v) is 6.32. The number of fused-ring (bicyclic) bond motifs is 1. The predicted octanol–water partition coefficient (Wildman–Crippen LogP) is 3.11. The Bertz CT molecular complexity index is 1160. The van der Waals surface area contributed by atoms with Gasteiger partial charge in [0.05, 0.1) is 19.6 Å². The molecule has 0 aliphatic carbocycles. The van der Waals surface area contributed by atoms with Crippen LogP contribution < -0.4 is 5.32 Å². The van der Waals surface area contributed by atoms with Crippen molar-refractivity contribution in [1.82, 2.24) is 25.1 Å². The first kappa shape index (κ1) is 28.9. The molecule has 2 heterocycles. The van der Waals surface area contributed by atoms with Crippen LogP contribution in [0, 0.1) is 12.3 Å². The molecule has 4 rings (SSSR count). The van der Waals surface area contributed by atoms with Gasteiger partial charge in [0, 0.05) is 24.6 Å². The van der Waals surface area contributed by atoms with Crippen molar-refractivity contribution in [3.63, 3.8) is 0 Å². The molecule has 2 saturated heterocycles. The summed E-state index contributed by atoms with van der Waals surface area (Å²) in [4.78, 5) is 44.1. The summed E-state index contributed by atoms with van der Waals surface area (Å²) in [6.07, 6.45) is 7.52. The first-order valence-electron chi connectivity index (χ1n) is 13.0. The zero-order valence-electron chi connectivity index (χ0n) is 22.2. The maximum absolute atomic E-state index is 13.6. The zero-order chi connectivity index (χ0) is 27.6. The summed E-state index contributed by atoms with van der Waals surface area (Å²) >= 11 is 3.40. The minimum atomic E-state index is -0.626. The van der Waals surface area contributed by atoms with Crippen LogP contribution in [0.4, 0.5) is 4.79 Å². The minimum absolute atomic E-state index is 0.0462. The van der Waals surface area contributed by atoms with Crippen LogP contribution in [0.1, 0.15) is 17.5 Å². The van der Waals surface area contributed by atoms with E-state index in [4.69, 9.17) is 6.42 Å². The monoisotopic (exact) mass is 565 g/mol. The van der Waals surface area contributed by atoms with Gasteiger partial charge in [-0.15, -0.1) is 6.42 Å². The lowest BCUT2D eigenvalue weighted by atomic mass is 10.0. The van der Waals surface area contributed by atoms with Crippen molar-refractivity contribution in [2.24, 2.45) is 0 Å². The number of hydrazine groups is 1. The standard InChI is InChI=1S/C29H35N5O3S2/c1-3-15-32-21-27(35)33-25(14-17-38-2)28(36)31(16-18-39-22-24-12-8-5-9-13-24)20-26(33)34(32)29(37)30-19-23-10-6-4-7-11-23/h1,4-13,25-26H,14-22H2,2H3,(H,30,37)/t25-,26-/m0/s1. The van der Waals surface area contributed by atoms with Crippen molar-refractivity contribution in [3.8, 4) is 12.3 Å². The Hall–Kier alpha value is -3.13. The van der Waals surface area contributed by atoms with Gasteiger partial charge in [0.25, 0.3) is 0 Å². The molecule has 2 aromatic rings. The number of nitrogens with zero attached hydrogens (tertiary/aromatic N) is 4. The molecule has 2 atom stereocenters. The second-order valence-electron chi connectivity index (χ2n) is 9.42. The molecule has 0 unspecified atom stereocenters. The summed E-state index contributed by atoms with van der Waals surface area (Å²) in [5, 5.41) is 6.17. The Kier molecular flexibility index (Phi) is 10.6. The Morgan fingerprint density at radius 2 is 1.74 bits per heavy atom. The van der Waals surface area contributed by atoms with Gasteiger partial charge in [0.15, 0.2) is 0 Å². The second kappa shape index (κ2) is 14.3. The highest BCUT2D eigenvalue weighted by Crippen LogP contribution is 2.29. The number of terminal acetylenes is 1. The van der Waals surface area contributed by atoms with E-state index in [-0.39, 0.29) is 37.5 Å². The van der Waals surface area contributed by atoms with E-state index in [2.05, 4.69) is 23.4 Å².